The van der Waals surface area contributed by atoms with E-state index in [0.29, 0.717) is 35.6 Å². The van der Waals surface area contributed by atoms with Gasteiger partial charge in [0.1, 0.15) is 0 Å². The second kappa shape index (κ2) is 10.9. The van der Waals surface area contributed by atoms with Gasteiger partial charge >= 0.3 is 5.97 Å². The molecule has 2 aromatic rings. The molecule has 1 heterocycles. The predicted octanol–water partition coefficient (Wildman–Crippen LogP) is 4.09. The summed E-state index contributed by atoms with van der Waals surface area (Å²) >= 11 is 0. The van der Waals surface area contributed by atoms with Crippen LogP contribution in [-0.2, 0) is 20.9 Å². The maximum atomic E-state index is 13.5. The first-order valence-corrected chi connectivity index (χ1v) is 11.0. The van der Waals surface area contributed by atoms with Gasteiger partial charge in [-0.2, -0.15) is 0 Å². The molecule has 2 aromatic carbocycles. The van der Waals surface area contributed by atoms with Crippen molar-refractivity contribution in [2.75, 3.05) is 20.7 Å². The van der Waals surface area contributed by atoms with Crippen LogP contribution < -0.4 is 5.32 Å². The molecule has 0 fully saturated rings. The highest BCUT2D eigenvalue weighted by molar-refractivity contribution is 6.03. The van der Waals surface area contributed by atoms with E-state index in [1.54, 1.807) is 26.0 Å². The summed E-state index contributed by atoms with van der Waals surface area (Å²) in [5.74, 6) is -1.48. The van der Waals surface area contributed by atoms with Crippen LogP contribution in [0.3, 0.4) is 0 Å². The number of rotatable bonds is 9. The molecule has 1 atom stereocenters. The first kappa shape index (κ1) is 24.9. The fraction of sp³-hybridized carbons (Fsp3) is 0.308. The van der Waals surface area contributed by atoms with Crippen LogP contribution in [0.5, 0.6) is 0 Å². The van der Waals surface area contributed by atoms with Crippen molar-refractivity contribution in [3.8, 4) is 0 Å². The van der Waals surface area contributed by atoms with Gasteiger partial charge in [-0.1, -0.05) is 42.5 Å². The highest BCUT2D eigenvalue weighted by Gasteiger charge is 2.37. The first-order chi connectivity index (χ1) is 16.2. The Bertz CT molecular complexity index is 1150. The van der Waals surface area contributed by atoms with E-state index in [1.807, 2.05) is 37.4 Å². The monoisotopic (exact) mass is 463 g/mol. The fourth-order valence-corrected chi connectivity index (χ4v) is 4.30. The molecule has 0 saturated heterocycles. The number of dihydropyridines is 1. The molecule has 178 valence electrons. The summed E-state index contributed by atoms with van der Waals surface area (Å²) in [5.41, 5.74) is 3.40. The summed E-state index contributed by atoms with van der Waals surface area (Å²) in [5, 5.41) is 14.5. The quantitative estimate of drug-likeness (QED) is 0.339. The molecular weight excluding hydrogens is 434 g/mol. The normalized spacial score (nSPS) is 15.9. The number of hydrogen-bond donors (Lipinski definition) is 1. The zero-order valence-corrected chi connectivity index (χ0v) is 19.8. The van der Waals surface area contributed by atoms with Crippen molar-refractivity contribution in [1.29, 1.82) is 0 Å². The number of methoxy groups -OCH3 is 1. The largest absolute Gasteiger partial charge is 0.466 e. The molecular formula is C26H29N3O5. The van der Waals surface area contributed by atoms with Crippen LogP contribution in [0.1, 0.15) is 37.3 Å². The van der Waals surface area contributed by atoms with Gasteiger partial charge in [0.15, 0.2) is 5.78 Å². The van der Waals surface area contributed by atoms with E-state index in [9.17, 15) is 19.7 Å². The number of Topliss-reactive ketones (excluding diaryl/α,β-unsaturated/α-hetero) is 1. The Morgan fingerprint density at radius 2 is 1.74 bits per heavy atom. The van der Waals surface area contributed by atoms with Gasteiger partial charge in [-0.3, -0.25) is 14.9 Å². The molecule has 0 bridgehead atoms. The molecule has 8 nitrogen and oxygen atoms in total. The van der Waals surface area contributed by atoms with Crippen molar-refractivity contribution >= 4 is 17.4 Å². The summed E-state index contributed by atoms with van der Waals surface area (Å²) in [6.07, 6.45) is 0.233. The molecule has 0 amide bonds. The molecule has 3 rings (SSSR count). The van der Waals surface area contributed by atoms with Gasteiger partial charge in [0, 0.05) is 54.5 Å². The smallest absolute Gasteiger partial charge is 0.336 e. The number of benzene rings is 2. The van der Waals surface area contributed by atoms with Crippen LogP contribution >= 0.6 is 0 Å². The van der Waals surface area contributed by atoms with Crippen LogP contribution in [-0.4, -0.2) is 42.3 Å². The minimum Gasteiger partial charge on any atom is -0.466 e. The number of nitrogens with one attached hydrogen (secondary N) is 1. The lowest BCUT2D eigenvalue weighted by Crippen LogP contribution is -2.32. The lowest BCUT2D eigenvalue weighted by Gasteiger charge is -2.31. The van der Waals surface area contributed by atoms with E-state index in [0.717, 1.165) is 5.56 Å². The van der Waals surface area contributed by atoms with Crippen LogP contribution in [0.4, 0.5) is 5.69 Å². The van der Waals surface area contributed by atoms with Crippen molar-refractivity contribution in [2.24, 2.45) is 0 Å². The lowest BCUT2D eigenvalue weighted by atomic mass is 9.78. The van der Waals surface area contributed by atoms with Crippen LogP contribution in [0, 0.1) is 10.1 Å². The zero-order chi connectivity index (χ0) is 24.8. The summed E-state index contributed by atoms with van der Waals surface area (Å²) < 4.78 is 5.00. The third-order valence-electron chi connectivity index (χ3n) is 5.90. The van der Waals surface area contributed by atoms with Gasteiger partial charge in [-0.25, -0.2) is 4.79 Å². The number of carbonyl (C=O) groups is 2. The summed E-state index contributed by atoms with van der Waals surface area (Å²) in [4.78, 5) is 39.2. The highest BCUT2D eigenvalue weighted by Crippen LogP contribution is 2.40. The second-order valence-electron chi connectivity index (χ2n) is 8.38. The molecule has 8 heteroatoms. The molecule has 0 aromatic heterocycles. The topological polar surface area (TPSA) is 102 Å². The Hall–Kier alpha value is -3.78. The Morgan fingerprint density at radius 3 is 2.38 bits per heavy atom. The Kier molecular flexibility index (Phi) is 7.96. The Balaban J connectivity index is 1.92. The molecule has 34 heavy (non-hydrogen) atoms. The molecule has 1 unspecified atom stereocenters. The van der Waals surface area contributed by atoms with Gasteiger partial charge in [0.2, 0.25) is 0 Å². The maximum absolute atomic E-state index is 13.5. The SMILES string of the molecule is COC(=O)C1=C(C)NC(C)=C(C(=O)CCN(C)Cc2ccccc2)C1c1cccc([N+](=O)[O-])c1. The number of nitrogens with zero attached hydrogens (tertiary/aromatic N) is 2. The van der Waals surface area contributed by atoms with Crippen LogP contribution in [0.25, 0.3) is 0 Å². The van der Waals surface area contributed by atoms with Crippen molar-refractivity contribution in [2.45, 2.75) is 32.7 Å². The van der Waals surface area contributed by atoms with E-state index in [4.69, 9.17) is 4.74 Å². The summed E-state index contributed by atoms with van der Waals surface area (Å²) in [6, 6.07) is 16.0. The van der Waals surface area contributed by atoms with Gasteiger partial charge in [-0.05, 0) is 32.0 Å². The summed E-state index contributed by atoms with van der Waals surface area (Å²) in [7, 11) is 3.22. The Labute approximate surface area is 199 Å². The minimum absolute atomic E-state index is 0.107. The predicted molar refractivity (Wildman–Crippen MR) is 129 cm³/mol. The van der Waals surface area contributed by atoms with E-state index in [1.165, 1.54) is 19.2 Å². The van der Waals surface area contributed by atoms with E-state index in [-0.39, 0.29) is 23.5 Å². The van der Waals surface area contributed by atoms with E-state index >= 15 is 0 Å². The zero-order valence-electron chi connectivity index (χ0n) is 19.8. The van der Waals surface area contributed by atoms with Crippen LogP contribution in [0.2, 0.25) is 0 Å². The molecule has 1 N–H and O–H groups in total. The number of ketones is 1. The Morgan fingerprint density at radius 1 is 1.06 bits per heavy atom. The standard InChI is InChI=1S/C26H29N3O5/c1-17-23(22(30)13-14-28(3)16-19-9-6-5-7-10-19)25(24(18(2)27-17)26(31)34-4)20-11-8-12-21(15-20)29(32)33/h5-12,15,25,27H,13-14,16H2,1-4H3. The average Bonchev–Trinajstić information content (AvgIpc) is 2.82. The minimum atomic E-state index is -0.763. The number of nitro groups is 1. The third kappa shape index (κ3) is 5.58. The molecule has 1 aliphatic heterocycles. The molecule has 0 saturated carbocycles. The van der Waals surface area contributed by atoms with Gasteiger partial charge in [0.25, 0.3) is 5.69 Å². The number of hydrogen-bond acceptors (Lipinski definition) is 7. The van der Waals surface area contributed by atoms with Crippen molar-refractivity contribution in [1.82, 2.24) is 10.2 Å². The molecule has 0 radical (unpaired) electrons. The van der Waals surface area contributed by atoms with Crippen molar-refractivity contribution in [3.63, 3.8) is 0 Å². The van der Waals surface area contributed by atoms with Gasteiger partial charge in [0.05, 0.1) is 17.6 Å². The fourth-order valence-electron chi connectivity index (χ4n) is 4.30. The number of carbonyl (C=O) groups excluding carboxylic acids is 2. The first-order valence-electron chi connectivity index (χ1n) is 11.0. The maximum Gasteiger partial charge on any atom is 0.336 e. The third-order valence-corrected chi connectivity index (χ3v) is 5.90. The number of allylic oxidation sites excluding steroid dienone is 3. The molecule has 0 spiro atoms. The lowest BCUT2D eigenvalue weighted by molar-refractivity contribution is -0.384. The van der Waals surface area contributed by atoms with E-state index < -0.39 is 16.8 Å². The number of non-ortho nitro benzene ring substituents is 1. The summed E-state index contributed by atoms with van der Waals surface area (Å²) in [6.45, 7) is 4.73. The molecule has 0 aliphatic carbocycles. The van der Waals surface area contributed by atoms with Crippen LogP contribution in [0.15, 0.2) is 77.1 Å². The van der Waals surface area contributed by atoms with Crippen molar-refractivity contribution in [3.05, 3.63) is 98.4 Å². The number of esters is 1. The highest BCUT2D eigenvalue weighted by atomic mass is 16.6. The van der Waals surface area contributed by atoms with Crippen molar-refractivity contribution < 1.29 is 19.2 Å². The van der Waals surface area contributed by atoms with Gasteiger partial charge in [-0.15, -0.1) is 0 Å². The second-order valence-corrected chi connectivity index (χ2v) is 8.38. The number of nitro benzene ring substituents is 1. The molecule has 1 aliphatic rings. The average molecular weight is 464 g/mol. The van der Waals surface area contributed by atoms with E-state index in [2.05, 4.69) is 10.2 Å². The van der Waals surface area contributed by atoms with Gasteiger partial charge < -0.3 is 15.0 Å². The number of ether oxygens (including phenoxy) is 1.